The first-order chi connectivity index (χ1) is 9.20. The van der Waals surface area contributed by atoms with Gasteiger partial charge in [0, 0.05) is 17.2 Å². The monoisotopic (exact) mass is 292 g/mol. The van der Waals surface area contributed by atoms with Crippen LogP contribution in [0.5, 0.6) is 0 Å². The number of hydrazone groups is 1. The van der Waals surface area contributed by atoms with E-state index in [4.69, 9.17) is 11.6 Å². The van der Waals surface area contributed by atoms with E-state index in [1.54, 1.807) is 0 Å². The second-order valence-corrected chi connectivity index (χ2v) is 5.24. The average molecular weight is 293 g/mol. The number of halogens is 1. The van der Waals surface area contributed by atoms with E-state index < -0.39 is 0 Å². The van der Waals surface area contributed by atoms with Crippen molar-refractivity contribution in [3.05, 3.63) is 34.9 Å². The number of benzene rings is 1. The molecule has 1 aromatic rings. The minimum atomic E-state index is -0.0527. The summed E-state index contributed by atoms with van der Waals surface area (Å²) in [4.78, 5) is 11.7. The molecule has 19 heavy (non-hydrogen) atoms. The van der Waals surface area contributed by atoms with E-state index in [0.717, 1.165) is 17.7 Å². The van der Waals surface area contributed by atoms with E-state index in [2.05, 4.69) is 16.9 Å². The van der Waals surface area contributed by atoms with Gasteiger partial charge in [0.05, 0.1) is 5.71 Å². The lowest BCUT2D eigenvalue weighted by Gasteiger charge is -2.21. The van der Waals surface area contributed by atoms with Crippen LogP contribution in [0.1, 0.15) is 18.9 Å². The van der Waals surface area contributed by atoms with Crippen molar-refractivity contribution in [1.29, 1.82) is 0 Å². The fourth-order valence-corrected chi connectivity index (χ4v) is 2.42. The Morgan fingerprint density at radius 1 is 1.37 bits per heavy atom. The predicted octanol–water partition coefficient (Wildman–Crippen LogP) is 3.63. The third-order valence-corrected chi connectivity index (χ3v) is 3.62. The van der Waals surface area contributed by atoms with Gasteiger partial charge in [0.15, 0.2) is 0 Å². The Hall–Kier alpha value is -1.44. The van der Waals surface area contributed by atoms with Gasteiger partial charge in [-0.2, -0.15) is 5.10 Å². The highest BCUT2D eigenvalue weighted by atomic mass is 35.5. The van der Waals surface area contributed by atoms with Crippen molar-refractivity contribution in [3.8, 4) is 11.8 Å². The number of nitrogens with zero attached hydrogens (tertiary/aromatic N) is 2. The van der Waals surface area contributed by atoms with Crippen LogP contribution >= 0.6 is 23.4 Å². The first-order valence-corrected chi connectivity index (χ1v) is 7.30. The molecule has 0 bridgehead atoms. The molecule has 1 aromatic carbocycles. The molecule has 0 unspecified atom stereocenters. The molecular weight excluding hydrogens is 280 g/mol. The van der Waals surface area contributed by atoms with Crippen molar-refractivity contribution in [2.75, 3.05) is 12.3 Å². The van der Waals surface area contributed by atoms with Crippen LogP contribution in [-0.4, -0.2) is 28.3 Å². The third kappa shape index (κ3) is 3.76. The molecule has 0 aromatic heterocycles. The fourth-order valence-electron chi connectivity index (χ4n) is 1.56. The fraction of sp³-hybridized carbons (Fsp3) is 0.286. The highest BCUT2D eigenvalue weighted by molar-refractivity contribution is 8.14. The predicted molar refractivity (Wildman–Crippen MR) is 80.6 cm³/mol. The molecule has 1 heterocycles. The molecule has 2 rings (SSSR count). The van der Waals surface area contributed by atoms with Crippen LogP contribution in [0.3, 0.4) is 0 Å². The van der Waals surface area contributed by atoms with E-state index in [9.17, 15) is 4.79 Å². The summed E-state index contributed by atoms with van der Waals surface area (Å²) in [5.41, 5.74) is 1.86. The van der Waals surface area contributed by atoms with E-state index in [1.165, 1.54) is 16.8 Å². The topological polar surface area (TPSA) is 32.7 Å². The van der Waals surface area contributed by atoms with Crippen LogP contribution in [0.2, 0.25) is 5.02 Å². The third-order valence-electron chi connectivity index (χ3n) is 2.49. The Morgan fingerprint density at radius 2 is 2.11 bits per heavy atom. The number of rotatable bonds is 2. The SMILES string of the molecule is CCC#CCN1N=C(c2ccc(Cl)cc2)CSC1=O. The van der Waals surface area contributed by atoms with Gasteiger partial charge in [-0.05, 0) is 17.7 Å². The van der Waals surface area contributed by atoms with Crippen molar-refractivity contribution in [1.82, 2.24) is 5.01 Å². The number of carbonyl (C=O) groups excluding carboxylic acids is 1. The van der Waals surface area contributed by atoms with Gasteiger partial charge >= 0.3 is 5.24 Å². The molecule has 0 aliphatic carbocycles. The Balaban J connectivity index is 2.18. The highest BCUT2D eigenvalue weighted by Crippen LogP contribution is 2.20. The summed E-state index contributed by atoms with van der Waals surface area (Å²) in [7, 11) is 0. The molecular formula is C14H13ClN2OS. The largest absolute Gasteiger partial charge is 0.303 e. The van der Waals surface area contributed by atoms with Crippen LogP contribution in [0.25, 0.3) is 0 Å². The van der Waals surface area contributed by atoms with Gasteiger partial charge in [-0.15, -0.1) is 5.92 Å². The normalized spacial score (nSPS) is 14.7. The zero-order valence-electron chi connectivity index (χ0n) is 10.5. The molecule has 1 aliphatic heterocycles. The Labute approximate surface area is 122 Å². The van der Waals surface area contributed by atoms with Crippen LogP contribution in [0.4, 0.5) is 4.79 Å². The Bertz CT molecular complexity index is 557. The van der Waals surface area contributed by atoms with Crippen LogP contribution in [0, 0.1) is 11.8 Å². The summed E-state index contributed by atoms with van der Waals surface area (Å²) >= 11 is 7.11. The smallest absolute Gasteiger partial charge is 0.260 e. The van der Waals surface area contributed by atoms with Crippen LogP contribution in [0.15, 0.2) is 29.4 Å². The lowest BCUT2D eigenvalue weighted by Crippen LogP contribution is -2.30. The molecule has 0 radical (unpaired) electrons. The standard InChI is InChI=1S/C14H13ClN2OS/c1-2-3-4-9-17-14(18)19-10-13(16-17)11-5-7-12(15)8-6-11/h5-8H,2,9-10H2,1H3. The second kappa shape index (κ2) is 6.65. The zero-order valence-corrected chi connectivity index (χ0v) is 12.1. The molecule has 0 N–H and O–H groups in total. The van der Waals surface area contributed by atoms with Crippen LogP contribution in [-0.2, 0) is 0 Å². The maximum Gasteiger partial charge on any atom is 0.303 e. The molecule has 0 atom stereocenters. The molecule has 0 spiro atoms. The summed E-state index contributed by atoms with van der Waals surface area (Å²) in [6, 6.07) is 7.46. The number of hydrogen-bond donors (Lipinski definition) is 0. The summed E-state index contributed by atoms with van der Waals surface area (Å²) in [6.07, 6.45) is 0.781. The second-order valence-electron chi connectivity index (χ2n) is 3.87. The number of carbonyl (C=O) groups is 1. The zero-order chi connectivity index (χ0) is 13.7. The van der Waals surface area contributed by atoms with Crippen LogP contribution < -0.4 is 0 Å². The van der Waals surface area contributed by atoms with Crippen molar-refractivity contribution >= 4 is 34.3 Å². The van der Waals surface area contributed by atoms with E-state index in [-0.39, 0.29) is 5.24 Å². The number of thioether (sulfide) groups is 1. The quantitative estimate of drug-likeness (QED) is 0.780. The van der Waals surface area contributed by atoms with E-state index in [0.29, 0.717) is 17.3 Å². The minimum absolute atomic E-state index is 0.0527. The Kier molecular flexibility index (Phi) is 4.89. The molecule has 3 nitrogen and oxygen atoms in total. The summed E-state index contributed by atoms with van der Waals surface area (Å²) in [6.45, 7) is 2.32. The van der Waals surface area contributed by atoms with Gasteiger partial charge in [-0.1, -0.05) is 48.3 Å². The lowest BCUT2D eigenvalue weighted by atomic mass is 10.1. The minimum Gasteiger partial charge on any atom is -0.260 e. The van der Waals surface area contributed by atoms with Gasteiger partial charge < -0.3 is 0 Å². The van der Waals surface area contributed by atoms with E-state index >= 15 is 0 Å². The van der Waals surface area contributed by atoms with Gasteiger partial charge in [0.2, 0.25) is 0 Å². The average Bonchev–Trinajstić information content (AvgIpc) is 2.42. The molecule has 1 amide bonds. The Morgan fingerprint density at radius 3 is 2.79 bits per heavy atom. The summed E-state index contributed by atoms with van der Waals surface area (Å²) in [5.74, 6) is 6.45. The molecule has 98 valence electrons. The first-order valence-electron chi connectivity index (χ1n) is 5.94. The lowest BCUT2D eigenvalue weighted by molar-refractivity contribution is 0.230. The first kappa shape index (κ1) is 14.0. The van der Waals surface area contributed by atoms with Gasteiger partial charge in [-0.3, -0.25) is 4.79 Å². The molecule has 0 fully saturated rings. The molecule has 1 aliphatic rings. The molecule has 0 saturated heterocycles. The van der Waals surface area contributed by atoms with E-state index in [1.807, 2.05) is 31.2 Å². The van der Waals surface area contributed by atoms with Crippen molar-refractivity contribution in [2.45, 2.75) is 13.3 Å². The maximum absolute atomic E-state index is 11.7. The van der Waals surface area contributed by atoms with Gasteiger partial charge in [0.1, 0.15) is 6.54 Å². The summed E-state index contributed by atoms with van der Waals surface area (Å²) < 4.78 is 0. The van der Waals surface area contributed by atoms with Gasteiger partial charge in [0.25, 0.3) is 0 Å². The summed E-state index contributed by atoms with van der Waals surface area (Å²) in [5, 5.41) is 6.42. The van der Waals surface area contributed by atoms with Crippen molar-refractivity contribution < 1.29 is 4.79 Å². The van der Waals surface area contributed by atoms with Gasteiger partial charge in [-0.25, -0.2) is 5.01 Å². The molecule has 0 saturated carbocycles. The van der Waals surface area contributed by atoms with Crippen molar-refractivity contribution in [2.24, 2.45) is 5.10 Å². The number of amides is 1. The molecule has 5 heteroatoms. The number of hydrogen-bond acceptors (Lipinski definition) is 3. The van der Waals surface area contributed by atoms with Crippen molar-refractivity contribution in [3.63, 3.8) is 0 Å². The maximum atomic E-state index is 11.7. The highest BCUT2D eigenvalue weighted by Gasteiger charge is 2.21.